The lowest BCUT2D eigenvalue weighted by Crippen LogP contribution is -2.50. The molecule has 1 saturated carbocycles. The molecule has 4 nitrogen and oxygen atoms in total. The van der Waals surface area contributed by atoms with E-state index in [1.165, 1.54) is 0 Å². The van der Waals surface area contributed by atoms with E-state index >= 15 is 0 Å². The van der Waals surface area contributed by atoms with E-state index < -0.39 is 0 Å². The predicted molar refractivity (Wildman–Crippen MR) is 56.9 cm³/mol. The Bertz CT molecular complexity index is 344. The smallest absolute Gasteiger partial charge is 0.128 e. The van der Waals surface area contributed by atoms with Gasteiger partial charge in [-0.05, 0) is 34.8 Å². The minimum absolute atomic E-state index is 0.0623. The third-order valence-electron chi connectivity index (χ3n) is 3.04. The van der Waals surface area contributed by atoms with E-state index in [0.29, 0.717) is 6.54 Å². The van der Waals surface area contributed by atoms with Gasteiger partial charge >= 0.3 is 0 Å². The van der Waals surface area contributed by atoms with Gasteiger partial charge in [-0.3, -0.25) is 4.68 Å². The van der Waals surface area contributed by atoms with Crippen LogP contribution in [0.15, 0.2) is 10.7 Å². The summed E-state index contributed by atoms with van der Waals surface area (Å²) in [7, 11) is 1.90. The van der Waals surface area contributed by atoms with Crippen molar-refractivity contribution < 1.29 is 5.11 Å². The van der Waals surface area contributed by atoms with Crippen molar-refractivity contribution in [1.29, 1.82) is 0 Å². The highest BCUT2D eigenvalue weighted by atomic mass is 79.9. The molecule has 0 saturated heterocycles. The van der Waals surface area contributed by atoms with Crippen molar-refractivity contribution in [1.82, 2.24) is 9.78 Å². The Morgan fingerprint density at radius 2 is 2.43 bits per heavy atom. The topological polar surface area (TPSA) is 64.1 Å². The molecule has 0 spiro atoms. The van der Waals surface area contributed by atoms with E-state index in [1.807, 2.05) is 17.8 Å². The molecule has 1 aromatic rings. The average Bonchev–Trinajstić information content (AvgIpc) is 2.40. The highest BCUT2D eigenvalue weighted by Gasteiger charge is 2.45. The van der Waals surface area contributed by atoms with E-state index in [4.69, 9.17) is 5.73 Å². The minimum atomic E-state index is -0.202. The normalized spacial score (nSPS) is 31.6. The number of aliphatic hydroxyl groups is 1. The van der Waals surface area contributed by atoms with Gasteiger partial charge < -0.3 is 10.8 Å². The van der Waals surface area contributed by atoms with Gasteiger partial charge in [0.1, 0.15) is 4.60 Å². The molecule has 1 aliphatic carbocycles. The first-order valence-electron chi connectivity index (χ1n) is 4.65. The van der Waals surface area contributed by atoms with Crippen LogP contribution < -0.4 is 5.73 Å². The first-order chi connectivity index (χ1) is 6.57. The van der Waals surface area contributed by atoms with E-state index in [0.717, 1.165) is 23.1 Å². The standard InChI is InChI=1S/C9H14BrN3O/c1-13-7(2-8(10)12-13)9(5-11)3-6(14)4-9/h2,6,14H,3-5,11H2,1H3. The Hall–Kier alpha value is -0.390. The molecule has 1 aromatic heterocycles. The summed E-state index contributed by atoms with van der Waals surface area (Å²) in [6.07, 6.45) is 1.29. The van der Waals surface area contributed by atoms with Crippen LogP contribution in [0.25, 0.3) is 0 Å². The molecule has 1 heterocycles. The van der Waals surface area contributed by atoms with Crippen molar-refractivity contribution in [3.8, 4) is 0 Å². The summed E-state index contributed by atoms with van der Waals surface area (Å²) in [5.41, 5.74) is 6.82. The van der Waals surface area contributed by atoms with Crippen LogP contribution >= 0.6 is 15.9 Å². The van der Waals surface area contributed by atoms with Crippen molar-refractivity contribution in [3.05, 3.63) is 16.4 Å². The van der Waals surface area contributed by atoms with Crippen molar-refractivity contribution in [2.45, 2.75) is 24.4 Å². The van der Waals surface area contributed by atoms with Crippen LogP contribution in [-0.2, 0) is 12.5 Å². The zero-order chi connectivity index (χ0) is 10.3. The lowest BCUT2D eigenvalue weighted by atomic mass is 9.64. The maximum Gasteiger partial charge on any atom is 0.128 e. The second-order valence-corrected chi connectivity index (χ2v) is 4.83. The Balaban J connectivity index is 2.33. The van der Waals surface area contributed by atoms with Gasteiger partial charge in [-0.25, -0.2) is 0 Å². The van der Waals surface area contributed by atoms with Gasteiger partial charge in [0.15, 0.2) is 0 Å². The van der Waals surface area contributed by atoms with E-state index in [2.05, 4.69) is 21.0 Å². The molecule has 3 N–H and O–H groups in total. The minimum Gasteiger partial charge on any atom is -0.393 e. The molecule has 1 aliphatic rings. The van der Waals surface area contributed by atoms with Gasteiger partial charge in [-0.15, -0.1) is 0 Å². The summed E-state index contributed by atoms with van der Waals surface area (Å²) in [5, 5.41) is 13.6. The van der Waals surface area contributed by atoms with Crippen molar-refractivity contribution >= 4 is 15.9 Å². The fourth-order valence-corrected chi connectivity index (χ4v) is 2.71. The second kappa shape index (κ2) is 3.32. The molecule has 0 radical (unpaired) electrons. The molecule has 14 heavy (non-hydrogen) atoms. The van der Waals surface area contributed by atoms with Crippen molar-refractivity contribution in [3.63, 3.8) is 0 Å². The van der Waals surface area contributed by atoms with Crippen molar-refractivity contribution in [2.75, 3.05) is 6.54 Å². The molecule has 78 valence electrons. The largest absolute Gasteiger partial charge is 0.393 e. The quantitative estimate of drug-likeness (QED) is 0.815. The fraction of sp³-hybridized carbons (Fsp3) is 0.667. The Labute approximate surface area is 91.2 Å². The van der Waals surface area contributed by atoms with Crippen molar-refractivity contribution in [2.24, 2.45) is 12.8 Å². The molecule has 0 bridgehead atoms. The number of hydrogen-bond acceptors (Lipinski definition) is 3. The van der Waals surface area contributed by atoms with Crippen LogP contribution in [0.5, 0.6) is 0 Å². The van der Waals surface area contributed by atoms with Gasteiger partial charge in [-0.2, -0.15) is 5.10 Å². The summed E-state index contributed by atoms with van der Waals surface area (Å²) in [6.45, 7) is 0.566. The summed E-state index contributed by atoms with van der Waals surface area (Å²) in [4.78, 5) is 0. The predicted octanol–water partition coefficient (Wildman–Crippen LogP) is 0.534. The molecule has 0 unspecified atom stereocenters. The maximum absolute atomic E-state index is 9.38. The van der Waals surface area contributed by atoms with E-state index in [1.54, 1.807) is 0 Å². The molecule has 0 aliphatic heterocycles. The molecule has 2 rings (SSSR count). The summed E-state index contributed by atoms with van der Waals surface area (Å²) in [6, 6.07) is 1.98. The first kappa shape index (κ1) is 10.1. The number of aromatic nitrogens is 2. The molecular formula is C9H14BrN3O. The average molecular weight is 260 g/mol. The Morgan fingerprint density at radius 3 is 2.79 bits per heavy atom. The Kier molecular flexibility index (Phi) is 2.41. The first-order valence-corrected chi connectivity index (χ1v) is 5.45. The fourth-order valence-electron chi connectivity index (χ4n) is 2.25. The highest BCUT2D eigenvalue weighted by Crippen LogP contribution is 2.43. The molecule has 0 atom stereocenters. The summed E-state index contributed by atoms with van der Waals surface area (Å²) >= 11 is 3.34. The molecule has 1 fully saturated rings. The summed E-state index contributed by atoms with van der Waals surface area (Å²) in [5.74, 6) is 0. The lowest BCUT2D eigenvalue weighted by molar-refractivity contribution is 0.0183. The van der Waals surface area contributed by atoms with Gasteiger partial charge in [0.05, 0.1) is 6.10 Å². The van der Waals surface area contributed by atoms with Crippen LogP contribution in [0.1, 0.15) is 18.5 Å². The van der Waals surface area contributed by atoms with Gasteiger partial charge in [-0.1, -0.05) is 0 Å². The number of halogens is 1. The summed E-state index contributed by atoms with van der Waals surface area (Å²) < 4.78 is 2.66. The van der Waals surface area contributed by atoms with Crippen LogP contribution in [0.4, 0.5) is 0 Å². The number of nitrogens with zero attached hydrogens (tertiary/aromatic N) is 2. The number of rotatable bonds is 2. The van der Waals surface area contributed by atoms with Gasteiger partial charge in [0.25, 0.3) is 0 Å². The number of nitrogens with two attached hydrogens (primary N) is 1. The molecule has 0 aromatic carbocycles. The monoisotopic (exact) mass is 259 g/mol. The number of hydrogen-bond donors (Lipinski definition) is 2. The van der Waals surface area contributed by atoms with Gasteiger partial charge in [0, 0.05) is 24.7 Å². The maximum atomic E-state index is 9.38. The molecule has 0 amide bonds. The van der Waals surface area contributed by atoms with Gasteiger partial charge in [0.2, 0.25) is 0 Å². The third-order valence-corrected chi connectivity index (χ3v) is 3.42. The number of aryl methyl sites for hydroxylation is 1. The zero-order valence-electron chi connectivity index (χ0n) is 8.07. The van der Waals surface area contributed by atoms with Crippen LogP contribution in [0, 0.1) is 0 Å². The van der Waals surface area contributed by atoms with Crippen LogP contribution in [0.3, 0.4) is 0 Å². The number of aliphatic hydroxyl groups excluding tert-OH is 1. The highest BCUT2D eigenvalue weighted by molar-refractivity contribution is 9.10. The van der Waals surface area contributed by atoms with E-state index in [-0.39, 0.29) is 11.5 Å². The van der Waals surface area contributed by atoms with Crippen LogP contribution in [0.2, 0.25) is 0 Å². The van der Waals surface area contributed by atoms with E-state index in [9.17, 15) is 5.11 Å². The lowest BCUT2D eigenvalue weighted by Gasteiger charge is -2.44. The third kappa shape index (κ3) is 1.39. The van der Waals surface area contributed by atoms with Crippen LogP contribution in [-0.4, -0.2) is 27.5 Å². The zero-order valence-corrected chi connectivity index (χ0v) is 9.66. The second-order valence-electron chi connectivity index (χ2n) is 4.02. The Morgan fingerprint density at radius 1 is 1.79 bits per heavy atom. The SMILES string of the molecule is Cn1nc(Br)cc1C1(CN)CC(O)C1. The molecule has 5 heteroatoms. The molecular weight excluding hydrogens is 246 g/mol.